The van der Waals surface area contributed by atoms with Crippen LogP contribution in [0.1, 0.15) is 19.8 Å². The van der Waals surface area contributed by atoms with E-state index >= 15 is 0 Å². The lowest BCUT2D eigenvalue weighted by molar-refractivity contribution is -0.116. The van der Waals surface area contributed by atoms with Crippen molar-refractivity contribution in [1.29, 1.82) is 0 Å². The number of anilines is 1. The van der Waals surface area contributed by atoms with Gasteiger partial charge in [-0.05, 0) is 28.4 Å². The van der Waals surface area contributed by atoms with E-state index in [-0.39, 0.29) is 5.91 Å². The van der Waals surface area contributed by atoms with Crippen LogP contribution in [0.3, 0.4) is 0 Å². The Kier molecular flexibility index (Phi) is 3.19. The molecule has 0 aromatic carbocycles. The van der Waals surface area contributed by atoms with Crippen molar-refractivity contribution >= 4 is 38.7 Å². The Hall–Kier alpha value is -1.43. The Morgan fingerprint density at radius 2 is 2.44 bits per heavy atom. The second-order valence-electron chi connectivity index (χ2n) is 3.42. The molecule has 2 aromatic heterocycles. The molecule has 0 saturated carbocycles. The highest BCUT2D eigenvalue weighted by atomic mass is 79.9. The van der Waals surface area contributed by atoms with Crippen LogP contribution in [-0.2, 0) is 4.79 Å². The molecule has 0 aliphatic heterocycles. The Labute approximate surface area is 101 Å². The van der Waals surface area contributed by atoms with Gasteiger partial charge >= 0.3 is 0 Å². The number of pyridine rings is 1. The average molecular weight is 283 g/mol. The monoisotopic (exact) mass is 282 g/mol. The molecule has 2 rings (SSSR count). The van der Waals surface area contributed by atoms with E-state index in [2.05, 4.69) is 36.4 Å². The van der Waals surface area contributed by atoms with Crippen LogP contribution >= 0.6 is 15.9 Å². The fourth-order valence-electron chi connectivity index (χ4n) is 1.39. The van der Waals surface area contributed by atoms with Gasteiger partial charge in [-0.25, -0.2) is 4.98 Å². The lowest BCUT2D eigenvalue weighted by Gasteiger charge is -2.00. The second kappa shape index (κ2) is 4.61. The van der Waals surface area contributed by atoms with Crippen LogP contribution in [0.2, 0.25) is 0 Å². The van der Waals surface area contributed by atoms with E-state index in [4.69, 9.17) is 0 Å². The molecule has 0 bridgehead atoms. The number of fused-ring (bicyclic) bond motifs is 1. The van der Waals surface area contributed by atoms with Crippen LogP contribution in [0.5, 0.6) is 0 Å². The third-order valence-corrected chi connectivity index (χ3v) is 2.55. The van der Waals surface area contributed by atoms with Crippen molar-refractivity contribution in [3.05, 3.63) is 16.7 Å². The first kappa shape index (κ1) is 11.1. The van der Waals surface area contributed by atoms with Gasteiger partial charge in [-0.15, -0.1) is 0 Å². The van der Waals surface area contributed by atoms with Gasteiger partial charge in [-0.2, -0.15) is 5.10 Å². The summed E-state index contributed by atoms with van der Waals surface area (Å²) in [4.78, 5) is 15.6. The molecule has 84 valence electrons. The minimum absolute atomic E-state index is 0.0316. The normalized spacial score (nSPS) is 10.6. The van der Waals surface area contributed by atoms with Crippen LogP contribution in [-0.4, -0.2) is 21.1 Å². The third-order valence-electron chi connectivity index (χ3n) is 2.12. The number of hydrogen-bond donors (Lipinski definition) is 2. The zero-order valence-corrected chi connectivity index (χ0v) is 10.3. The molecular formula is C10H11BrN4O. The van der Waals surface area contributed by atoms with Crippen molar-refractivity contribution < 1.29 is 4.79 Å². The quantitative estimate of drug-likeness (QED) is 0.909. The molecule has 5 nitrogen and oxygen atoms in total. The largest absolute Gasteiger partial charge is 0.309 e. The van der Waals surface area contributed by atoms with Gasteiger partial charge in [0.15, 0.2) is 11.5 Å². The van der Waals surface area contributed by atoms with E-state index < -0.39 is 0 Å². The van der Waals surface area contributed by atoms with Crippen LogP contribution in [0, 0.1) is 0 Å². The number of aromatic amines is 1. The summed E-state index contributed by atoms with van der Waals surface area (Å²) in [5.74, 6) is 0.498. The Bertz CT molecular complexity index is 523. The van der Waals surface area contributed by atoms with Gasteiger partial charge in [-0.1, -0.05) is 6.92 Å². The number of rotatable bonds is 3. The molecule has 1 amide bonds. The van der Waals surface area contributed by atoms with Crippen molar-refractivity contribution in [2.24, 2.45) is 0 Å². The number of carbonyl (C=O) groups excluding carboxylic acids is 1. The summed E-state index contributed by atoms with van der Waals surface area (Å²) in [7, 11) is 0. The number of amides is 1. The number of H-pyrrole nitrogens is 1. The van der Waals surface area contributed by atoms with Gasteiger partial charge in [0, 0.05) is 17.1 Å². The molecule has 0 atom stereocenters. The molecule has 0 aliphatic carbocycles. The maximum Gasteiger partial charge on any atom is 0.225 e. The van der Waals surface area contributed by atoms with Crippen molar-refractivity contribution in [2.45, 2.75) is 19.8 Å². The van der Waals surface area contributed by atoms with Crippen LogP contribution in [0.15, 0.2) is 16.7 Å². The molecule has 0 spiro atoms. The molecule has 0 aliphatic rings. The van der Waals surface area contributed by atoms with Crippen molar-refractivity contribution in [3.8, 4) is 0 Å². The standard InChI is InChI=1S/C10H11BrN4O/c1-2-3-8(16)13-10-7-4-6(11)5-12-9(7)14-15-10/h4-5H,2-3H2,1H3,(H2,12,13,14,15,16). The number of nitrogens with one attached hydrogen (secondary N) is 2. The van der Waals surface area contributed by atoms with E-state index in [1.165, 1.54) is 0 Å². The Morgan fingerprint density at radius 1 is 1.62 bits per heavy atom. The predicted octanol–water partition coefficient (Wildman–Crippen LogP) is 2.46. The number of hydrogen-bond acceptors (Lipinski definition) is 3. The molecule has 0 fully saturated rings. The maximum atomic E-state index is 11.4. The summed E-state index contributed by atoms with van der Waals surface area (Å²) in [6.07, 6.45) is 2.99. The summed E-state index contributed by atoms with van der Waals surface area (Å²) in [5.41, 5.74) is 0.662. The Balaban J connectivity index is 2.30. The molecule has 0 saturated heterocycles. The van der Waals surface area contributed by atoms with Gasteiger partial charge in [0.25, 0.3) is 0 Å². The van der Waals surface area contributed by atoms with Gasteiger partial charge in [-0.3, -0.25) is 9.89 Å². The number of aromatic nitrogens is 3. The van der Waals surface area contributed by atoms with E-state index in [9.17, 15) is 4.79 Å². The summed E-state index contributed by atoms with van der Waals surface area (Å²) in [5, 5.41) is 10.3. The molecule has 2 N–H and O–H groups in total. The molecule has 6 heteroatoms. The van der Waals surface area contributed by atoms with E-state index in [0.717, 1.165) is 16.3 Å². The molecule has 16 heavy (non-hydrogen) atoms. The lowest BCUT2D eigenvalue weighted by Crippen LogP contribution is -2.11. The van der Waals surface area contributed by atoms with E-state index in [0.29, 0.717) is 17.9 Å². The lowest BCUT2D eigenvalue weighted by atomic mass is 10.3. The molecule has 2 heterocycles. The summed E-state index contributed by atoms with van der Waals surface area (Å²) in [6.45, 7) is 1.96. The van der Waals surface area contributed by atoms with Crippen molar-refractivity contribution in [1.82, 2.24) is 15.2 Å². The molecular weight excluding hydrogens is 272 g/mol. The number of carbonyl (C=O) groups is 1. The average Bonchev–Trinajstić information content (AvgIpc) is 2.61. The number of nitrogens with zero attached hydrogens (tertiary/aromatic N) is 2. The summed E-state index contributed by atoms with van der Waals surface area (Å²) >= 11 is 3.33. The van der Waals surface area contributed by atoms with Gasteiger partial charge in [0.2, 0.25) is 5.91 Å². The van der Waals surface area contributed by atoms with Gasteiger partial charge < -0.3 is 5.32 Å². The number of halogens is 1. The topological polar surface area (TPSA) is 70.7 Å². The minimum atomic E-state index is -0.0316. The first-order valence-electron chi connectivity index (χ1n) is 5.00. The highest BCUT2D eigenvalue weighted by molar-refractivity contribution is 9.10. The van der Waals surface area contributed by atoms with E-state index in [1.807, 2.05) is 13.0 Å². The molecule has 0 radical (unpaired) electrons. The fourth-order valence-corrected chi connectivity index (χ4v) is 1.73. The van der Waals surface area contributed by atoms with Crippen LogP contribution < -0.4 is 5.32 Å². The third kappa shape index (κ3) is 2.21. The first-order chi connectivity index (χ1) is 7.70. The summed E-state index contributed by atoms with van der Waals surface area (Å²) in [6, 6.07) is 1.87. The van der Waals surface area contributed by atoms with Crippen LogP contribution in [0.4, 0.5) is 5.82 Å². The highest BCUT2D eigenvalue weighted by Gasteiger charge is 2.09. The molecule has 2 aromatic rings. The second-order valence-corrected chi connectivity index (χ2v) is 4.34. The highest BCUT2D eigenvalue weighted by Crippen LogP contribution is 2.22. The fraction of sp³-hybridized carbons (Fsp3) is 0.300. The maximum absolute atomic E-state index is 11.4. The smallest absolute Gasteiger partial charge is 0.225 e. The summed E-state index contributed by atoms with van der Waals surface area (Å²) < 4.78 is 0.854. The van der Waals surface area contributed by atoms with Crippen molar-refractivity contribution in [3.63, 3.8) is 0 Å². The SMILES string of the molecule is CCCC(=O)Nc1n[nH]c2ncc(Br)cc12. The minimum Gasteiger partial charge on any atom is -0.309 e. The Morgan fingerprint density at radius 3 is 3.19 bits per heavy atom. The predicted molar refractivity (Wildman–Crippen MR) is 65.1 cm³/mol. The molecule has 0 unspecified atom stereocenters. The van der Waals surface area contributed by atoms with Crippen LogP contribution in [0.25, 0.3) is 11.0 Å². The first-order valence-corrected chi connectivity index (χ1v) is 5.79. The van der Waals surface area contributed by atoms with Gasteiger partial charge in [0.05, 0.1) is 5.39 Å². The zero-order chi connectivity index (χ0) is 11.5. The zero-order valence-electron chi connectivity index (χ0n) is 8.75. The van der Waals surface area contributed by atoms with E-state index in [1.54, 1.807) is 6.20 Å². The van der Waals surface area contributed by atoms with Crippen molar-refractivity contribution in [2.75, 3.05) is 5.32 Å². The van der Waals surface area contributed by atoms with Gasteiger partial charge in [0.1, 0.15) is 0 Å².